The van der Waals surface area contributed by atoms with Crippen molar-refractivity contribution in [3.05, 3.63) is 53.5 Å². The Morgan fingerprint density at radius 1 is 1.31 bits per heavy atom. The van der Waals surface area contributed by atoms with Crippen molar-refractivity contribution < 1.29 is 14.3 Å². The summed E-state index contributed by atoms with van der Waals surface area (Å²) in [7, 11) is 1.91. The van der Waals surface area contributed by atoms with Crippen molar-refractivity contribution in [1.82, 2.24) is 14.8 Å². The first-order valence-corrected chi connectivity index (χ1v) is 10.0. The lowest BCUT2D eigenvalue weighted by molar-refractivity contribution is 0.102. The molecule has 4 rings (SSSR count). The first-order chi connectivity index (χ1) is 14.2. The Bertz CT molecular complexity index is 1010. The smallest absolute Gasteiger partial charge is 0.257 e. The van der Waals surface area contributed by atoms with Gasteiger partial charge in [-0.25, -0.2) is 0 Å². The van der Waals surface area contributed by atoms with Gasteiger partial charge in [0.2, 0.25) is 0 Å². The third kappa shape index (κ3) is 4.19. The molecule has 7 heteroatoms. The van der Waals surface area contributed by atoms with E-state index in [1.165, 1.54) is 5.56 Å². The van der Waals surface area contributed by atoms with Gasteiger partial charge in [0.15, 0.2) is 0 Å². The van der Waals surface area contributed by atoms with Gasteiger partial charge in [-0.3, -0.25) is 9.48 Å². The third-order valence-electron chi connectivity index (χ3n) is 5.01. The largest absolute Gasteiger partial charge is 0.491 e. The molecule has 1 aliphatic carbocycles. The van der Waals surface area contributed by atoms with E-state index in [-0.39, 0.29) is 5.91 Å². The fraction of sp³-hybridized carbons (Fsp3) is 0.364. The van der Waals surface area contributed by atoms with E-state index in [1.807, 2.05) is 49.1 Å². The van der Waals surface area contributed by atoms with Crippen molar-refractivity contribution in [1.29, 1.82) is 0 Å². The number of carbonyl (C=O) groups excluding carboxylic acids is 1. The zero-order valence-corrected chi connectivity index (χ0v) is 16.8. The highest BCUT2D eigenvalue weighted by Crippen LogP contribution is 2.34. The maximum atomic E-state index is 13.1. The average molecular weight is 394 g/mol. The number of fused-ring (bicyclic) bond motifs is 3. The summed E-state index contributed by atoms with van der Waals surface area (Å²) < 4.78 is 12.8. The topological polar surface area (TPSA) is 81.2 Å². The van der Waals surface area contributed by atoms with Gasteiger partial charge >= 0.3 is 0 Å². The molecule has 0 aliphatic heterocycles. The van der Waals surface area contributed by atoms with Crippen LogP contribution < -0.4 is 10.1 Å². The molecule has 0 bridgehead atoms. The molecule has 2 N–H and O–H groups in total. The zero-order chi connectivity index (χ0) is 20.2. The van der Waals surface area contributed by atoms with Gasteiger partial charge in [-0.2, -0.15) is 5.10 Å². The summed E-state index contributed by atoms with van der Waals surface area (Å²) in [6.45, 7) is 3.62. The molecule has 3 aromatic rings. The van der Waals surface area contributed by atoms with Crippen molar-refractivity contribution in [2.24, 2.45) is 7.05 Å². The Kier molecular flexibility index (Phi) is 5.67. The number of H-pyrrole nitrogens is 1. The molecule has 2 aromatic heterocycles. The average Bonchev–Trinajstić information content (AvgIpc) is 3.25. The van der Waals surface area contributed by atoms with Crippen LogP contribution in [-0.4, -0.2) is 40.5 Å². The van der Waals surface area contributed by atoms with E-state index in [0.29, 0.717) is 36.8 Å². The maximum absolute atomic E-state index is 13.1. The van der Waals surface area contributed by atoms with E-state index in [0.717, 1.165) is 36.2 Å². The molecular formula is C22H26N4O3. The van der Waals surface area contributed by atoms with Crippen LogP contribution in [0.15, 0.2) is 36.7 Å². The minimum Gasteiger partial charge on any atom is -0.491 e. The summed E-state index contributed by atoms with van der Waals surface area (Å²) in [6.07, 6.45) is 6.74. The van der Waals surface area contributed by atoms with Gasteiger partial charge in [0, 0.05) is 49.1 Å². The Hall–Kier alpha value is -3.06. The molecule has 0 saturated heterocycles. The number of hydrogen-bond donors (Lipinski definition) is 2. The summed E-state index contributed by atoms with van der Waals surface area (Å²) in [4.78, 5) is 16.3. The highest BCUT2D eigenvalue weighted by atomic mass is 16.5. The number of nitrogens with one attached hydrogen (secondary N) is 2. The number of aryl methyl sites for hydroxylation is 3. The summed E-state index contributed by atoms with van der Waals surface area (Å²) in [5.41, 5.74) is 5.38. The lowest BCUT2D eigenvalue weighted by Crippen LogP contribution is -2.13. The van der Waals surface area contributed by atoms with E-state index in [9.17, 15) is 4.79 Å². The van der Waals surface area contributed by atoms with Crippen LogP contribution in [0.3, 0.4) is 0 Å². The highest BCUT2D eigenvalue weighted by Gasteiger charge is 2.25. The van der Waals surface area contributed by atoms with Gasteiger partial charge in [0.1, 0.15) is 12.4 Å². The van der Waals surface area contributed by atoms with Crippen LogP contribution in [0.25, 0.3) is 11.3 Å². The number of carbonyl (C=O) groups is 1. The lowest BCUT2D eigenvalue weighted by atomic mass is 10.0. The molecule has 0 atom stereocenters. The Labute approximate surface area is 170 Å². The normalized spacial score (nSPS) is 12.8. The first kappa shape index (κ1) is 19.3. The lowest BCUT2D eigenvalue weighted by Gasteiger charge is -2.10. The van der Waals surface area contributed by atoms with E-state index in [1.54, 1.807) is 6.20 Å². The van der Waals surface area contributed by atoms with Gasteiger partial charge in [-0.05, 0) is 43.9 Å². The van der Waals surface area contributed by atoms with Crippen molar-refractivity contribution in [3.63, 3.8) is 0 Å². The number of benzene rings is 1. The molecular weight excluding hydrogens is 368 g/mol. The molecule has 0 fully saturated rings. The monoisotopic (exact) mass is 394 g/mol. The van der Waals surface area contributed by atoms with Gasteiger partial charge < -0.3 is 19.8 Å². The molecule has 1 amide bonds. The van der Waals surface area contributed by atoms with E-state index in [4.69, 9.17) is 9.47 Å². The molecule has 0 unspecified atom stereocenters. The van der Waals surface area contributed by atoms with Crippen LogP contribution in [0, 0.1) is 0 Å². The number of amides is 1. The second-order valence-electron chi connectivity index (χ2n) is 7.11. The minimum atomic E-state index is -0.160. The van der Waals surface area contributed by atoms with Crippen molar-refractivity contribution in [3.8, 4) is 17.0 Å². The SMILES string of the molecule is CCOCCOc1cccc(NC(=O)c2c[nH]c3c2-c2nn(C)cc2CCC3)c1. The fourth-order valence-electron chi connectivity index (χ4n) is 3.72. The van der Waals surface area contributed by atoms with Gasteiger partial charge in [-0.15, -0.1) is 0 Å². The molecule has 0 saturated carbocycles. The molecule has 29 heavy (non-hydrogen) atoms. The second-order valence-corrected chi connectivity index (χ2v) is 7.11. The number of nitrogens with zero attached hydrogens (tertiary/aromatic N) is 2. The van der Waals surface area contributed by atoms with Gasteiger partial charge in [0.25, 0.3) is 5.91 Å². The van der Waals surface area contributed by atoms with Crippen LogP contribution in [0.1, 0.15) is 35.0 Å². The molecule has 7 nitrogen and oxygen atoms in total. The Balaban J connectivity index is 1.53. The quantitative estimate of drug-likeness (QED) is 0.600. The summed E-state index contributed by atoms with van der Waals surface area (Å²) in [6, 6.07) is 7.40. The standard InChI is InChI=1S/C22H26N4O3/c1-3-28-10-11-29-17-8-5-7-16(12-17)24-22(27)18-13-23-19-9-4-6-15-14-26(2)25-21(15)20(18)19/h5,7-8,12-14,23H,3-4,6,9-11H2,1-2H3,(H,24,27). The highest BCUT2D eigenvalue weighted by molar-refractivity contribution is 6.09. The predicted molar refractivity (Wildman–Crippen MR) is 111 cm³/mol. The van der Waals surface area contributed by atoms with Crippen molar-refractivity contribution >= 4 is 11.6 Å². The number of anilines is 1. The second kappa shape index (κ2) is 8.53. The Morgan fingerprint density at radius 3 is 3.07 bits per heavy atom. The predicted octanol–water partition coefficient (Wildman–Crippen LogP) is 3.57. The summed E-state index contributed by atoms with van der Waals surface area (Å²) in [5, 5.41) is 7.61. The van der Waals surface area contributed by atoms with Crippen LogP contribution in [0.2, 0.25) is 0 Å². The van der Waals surface area contributed by atoms with Crippen molar-refractivity contribution in [2.45, 2.75) is 26.2 Å². The molecule has 152 valence electrons. The number of aromatic nitrogens is 3. The molecule has 2 heterocycles. The Morgan fingerprint density at radius 2 is 2.21 bits per heavy atom. The molecule has 0 radical (unpaired) electrons. The number of rotatable bonds is 7. The fourth-order valence-corrected chi connectivity index (χ4v) is 3.72. The third-order valence-corrected chi connectivity index (χ3v) is 5.01. The molecule has 1 aliphatic rings. The van der Waals surface area contributed by atoms with E-state index >= 15 is 0 Å². The van der Waals surface area contributed by atoms with Crippen molar-refractivity contribution in [2.75, 3.05) is 25.1 Å². The van der Waals surface area contributed by atoms with E-state index in [2.05, 4.69) is 15.4 Å². The molecule has 1 aromatic carbocycles. The van der Waals surface area contributed by atoms with Gasteiger partial charge in [-0.1, -0.05) is 6.07 Å². The van der Waals surface area contributed by atoms with Crippen LogP contribution in [0.4, 0.5) is 5.69 Å². The number of ether oxygens (including phenoxy) is 2. The summed E-state index contributed by atoms with van der Waals surface area (Å²) >= 11 is 0. The maximum Gasteiger partial charge on any atom is 0.257 e. The minimum absolute atomic E-state index is 0.160. The zero-order valence-electron chi connectivity index (χ0n) is 16.8. The first-order valence-electron chi connectivity index (χ1n) is 10.0. The summed E-state index contributed by atoms with van der Waals surface area (Å²) in [5.74, 6) is 0.537. The van der Waals surface area contributed by atoms with Crippen LogP contribution in [0.5, 0.6) is 5.75 Å². The van der Waals surface area contributed by atoms with E-state index < -0.39 is 0 Å². The van der Waals surface area contributed by atoms with Gasteiger partial charge in [0.05, 0.1) is 17.9 Å². The number of hydrogen-bond acceptors (Lipinski definition) is 4. The molecule has 0 spiro atoms. The van der Waals surface area contributed by atoms with Crippen LogP contribution >= 0.6 is 0 Å². The van der Waals surface area contributed by atoms with Crippen LogP contribution in [-0.2, 0) is 24.6 Å². The number of aromatic amines is 1.